The van der Waals surface area contributed by atoms with Gasteiger partial charge in [0.2, 0.25) is 0 Å². The van der Waals surface area contributed by atoms with Gasteiger partial charge in [0.1, 0.15) is 35.4 Å². The number of aromatic hydroxyl groups is 4. The van der Waals surface area contributed by atoms with Crippen LogP contribution in [0.25, 0.3) is 0 Å². The Balaban J connectivity index is 1.29. The largest absolute Gasteiger partial charge is 0.508 e. The lowest BCUT2D eigenvalue weighted by atomic mass is 9.59. The van der Waals surface area contributed by atoms with E-state index in [9.17, 15) is 20.4 Å². The Bertz CT molecular complexity index is 2000. The van der Waals surface area contributed by atoms with Crippen molar-refractivity contribution < 1.29 is 44.1 Å². The zero-order valence-corrected chi connectivity index (χ0v) is 27.9. The summed E-state index contributed by atoms with van der Waals surface area (Å²) in [5.41, 5.74) is 6.17. The summed E-state index contributed by atoms with van der Waals surface area (Å²) in [7, 11) is 3.05. The normalized spacial score (nSPS) is 28.7. The Morgan fingerprint density at radius 1 is 0.612 bits per heavy atom. The van der Waals surface area contributed by atoms with Gasteiger partial charge in [0, 0.05) is 5.41 Å². The van der Waals surface area contributed by atoms with Gasteiger partial charge in [-0.15, -0.1) is 0 Å². The molecule has 0 amide bonds. The average Bonchev–Trinajstić information content (AvgIpc) is 3.76. The summed E-state index contributed by atoms with van der Waals surface area (Å²) in [6.45, 7) is 4.25. The number of ether oxygens (including phenoxy) is 5. The highest BCUT2D eigenvalue weighted by Crippen LogP contribution is 2.73. The molecule has 4 aliphatic rings. The zero-order valence-electron chi connectivity index (χ0n) is 27.9. The van der Waals surface area contributed by atoms with E-state index in [4.69, 9.17) is 23.7 Å². The molecular weight excluding hydrogens is 624 g/mol. The molecule has 6 atom stereocenters. The topological polar surface area (TPSA) is 130 Å². The zero-order chi connectivity index (χ0) is 34.2. The van der Waals surface area contributed by atoms with E-state index in [1.54, 1.807) is 30.3 Å². The lowest BCUT2D eigenvalue weighted by molar-refractivity contribution is 0.00315. The SMILES string of the molecule is COc1ccc([C@@H]2O[C@H](c3ccc(O)c(C)c3)[C@@]3(CO3)[C@]23CCC2=C(C3)[C@@H](c3ccc(O)c(OC)c3)O[C@H]2c2ccc(O)c(C)c2)cc1O. The molecule has 4 N–H and O–H groups in total. The molecule has 3 heterocycles. The number of hydrogen-bond donors (Lipinski definition) is 4. The highest BCUT2D eigenvalue weighted by atomic mass is 16.6. The highest BCUT2D eigenvalue weighted by molar-refractivity contribution is 5.51. The minimum atomic E-state index is -0.667. The van der Waals surface area contributed by atoms with E-state index in [0.29, 0.717) is 30.9 Å². The molecule has 4 aromatic rings. The van der Waals surface area contributed by atoms with Crippen LogP contribution >= 0.6 is 0 Å². The van der Waals surface area contributed by atoms with Gasteiger partial charge in [0.25, 0.3) is 0 Å². The van der Waals surface area contributed by atoms with E-state index in [-0.39, 0.29) is 29.1 Å². The van der Waals surface area contributed by atoms with Crippen molar-refractivity contribution in [1.82, 2.24) is 0 Å². The number of hydrogen-bond acceptors (Lipinski definition) is 9. The molecule has 4 aromatic carbocycles. The summed E-state index contributed by atoms with van der Waals surface area (Å²) in [4.78, 5) is 0. The van der Waals surface area contributed by atoms with Crippen LogP contribution in [0.2, 0.25) is 0 Å². The summed E-state index contributed by atoms with van der Waals surface area (Å²) in [6.07, 6.45) is 0.373. The molecular formula is C40H40O9. The second kappa shape index (κ2) is 11.4. The van der Waals surface area contributed by atoms with Crippen molar-refractivity contribution in [2.75, 3.05) is 20.8 Å². The number of aryl methyl sites for hydroxylation is 2. The fourth-order valence-corrected chi connectivity index (χ4v) is 8.60. The summed E-state index contributed by atoms with van der Waals surface area (Å²) in [5, 5.41) is 42.1. The maximum absolute atomic E-state index is 10.9. The maximum atomic E-state index is 10.9. The van der Waals surface area contributed by atoms with Crippen molar-refractivity contribution in [1.29, 1.82) is 0 Å². The number of rotatable bonds is 6. The molecule has 9 nitrogen and oxygen atoms in total. The number of phenolic OH excluding ortho intramolecular Hbond substituents is 4. The van der Waals surface area contributed by atoms with E-state index in [2.05, 4.69) is 0 Å². The summed E-state index contributed by atoms with van der Waals surface area (Å²) >= 11 is 0. The van der Waals surface area contributed by atoms with Crippen LogP contribution < -0.4 is 9.47 Å². The monoisotopic (exact) mass is 664 g/mol. The van der Waals surface area contributed by atoms with Gasteiger partial charge < -0.3 is 44.1 Å². The van der Waals surface area contributed by atoms with Crippen LogP contribution in [0.4, 0.5) is 0 Å². The van der Waals surface area contributed by atoms with Gasteiger partial charge in [0.05, 0.1) is 26.9 Å². The summed E-state index contributed by atoms with van der Waals surface area (Å²) < 4.78 is 31.5. The fraction of sp³-hybridized carbons (Fsp3) is 0.350. The van der Waals surface area contributed by atoms with Crippen LogP contribution in [0, 0.1) is 19.3 Å². The number of benzene rings is 4. The molecule has 49 heavy (non-hydrogen) atoms. The van der Waals surface area contributed by atoms with Crippen molar-refractivity contribution in [2.45, 2.75) is 63.1 Å². The molecule has 8 rings (SSSR count). The van der Waals surface area contributed by atoms with Crippen LogP contribution in [0.3, 0.4) is 0 Å². The minimum Gasteiger partial charge on any atom is -0.508 e. The third kappa shape index (κ3) is 4.78. The van der Waals surface area contributed by atoms with Crippen LogP contribution in [-0.4, -0.2) is 46.9 Å². The van der Waals surface area contributed by atoms with E-state index in [1.807, 2.05) is 56.3 Å². The van der Waals surface area contributed by atoms with Crippen LogP contribution in [-0.2, 0) is 14.2 Å². The Kier molecular flexibility index (Phi) is 7.37. The molecule has 2 spiro atoms. The van der Waals surface area contributed by atoms with Crippen LogP contribution in [0.15, 0.2) is 83.9 Å². The lowest BCUT2D eigenvalue weighted by Gasteiger charge is -2.42. The Hall–Kier alpha value is -4.70. The standard InChI is InChI=1S/C40H40O9/c1-21-15-23(5-9-29(21)41)35-27-13-14-39(19-28(27)36(48-35)24-6-11-31(43)34(18-24)46-4)37(26-8-12-33(45-3)32(44)17-26)49-38(40(39)20-47-40)25-7-10-30(42)22(2)16-25/h5-12,15-18,35-38,41-44H,13-14,19-20H2,1-4H3/t35-,36+,37-,38+,39-,40-/m0/s1. The van der Waals surface area contributed by atoms with Gasteiger partial charge in [-0.05, 0) is 126 Å². The quantitative estimate of drug-likeness (QED) is 0.121. The smallest absolute Gasteiger partial charge is 0.160 e. The molecule has 0 bridgehead atoms. The van der Waals surface area contributed by atoms with Gasteiger partial charge in [-0.3, -0.25) is 0 Å². The first-order chi connectivity index (χ1) is 23.6. The van der Waals surface area contributed by atoms with Crippen molar-refractivity contribution in [3.05, 3.63) is 117 Å². The Labute approximate surface area is 284 Å². The Morgan fingerprint density at radius 3 is 1.82 bits per heavy atom. The Morgan fingerprint density at radius 2 is 1.18 bits per heavy atom. The van der Waals surface area contributed by atoms with Gasteiger partial charge in [-0.25, -0.2) is 0 Å². The third-order valence-electron chi connectivity index (χ3n) is 11.2. The molecule has 0 aromatic heterocycles. The predicted molar refractivity (Wildman–Crippen MR) is 180 cm³/mol. The van der Waals surface area contributed by atoms with Gasteiger partial charge in [-0.1, -0.05) is 24.3 Å². The number of phenols is 4. The second-order valence-corrected chi connectivity index (χ2v) is 13.8. The van der Waals surface area contributed by atoms with Gasteiger partial charge in [0.15, 0.2) is 23.0 Å². The molecule has 254 valence electrons. The van der Waals surface area contributed by atoms with Gasteiger partial charge >= 0.3 is 0 Å². The van der Waals surface area contributed by atoms with Crippen molar-refractivity contribution in [3.63, 3.8) is 0 Å². The lowest BCUT2D eigenvalue weighted by Crippen LogP contribution is -2.42. The first kappa shape index (κ1) is 31.6. The fourth-order valence-electron chi connectivity index (χ4n) is 8.60. The maximum Gasteiger partial charge on any atom is 0.160 e. The molecule has 0 saturated carbocycles. The number of fused-ring (bicyclic) bond motifs is 1. The molecule has 2 fully saturated rings. The van der Waals surface area contributed by atoms with E-state index in [0.717, 1.165) is 45.4 Å². The van der Waals surface area contributed by atoms with Gasteiger partial charge in [-0.2, -0.15) is 0 Å². The van der Waals surface area contributed by atoms with E-state index in [1.165, 1.54) is 19.8 Å². The number of epoxide rings is 1. The first-order valence-electron chi connectivity index (χ1n) is 16.6. The molecule has 1 aliphatic carbocycles. The molecule has 0 unspecified atom stereocenters. The van der Waals surface area contributed by atoms with Crippen LogP contribution in [0.1, 0.15) is 77.1 Å². The van der Waals surface area contributed by atoms with Crippen molar-refractivity contribution in [3.8, 4) is 34.5 Å². The first-order valence-corrected chi connectivity index (χ1v) is 16.6. The summed E-state index contributed by atoms with van der Waals surface area (Å²) in [6, 6.07) is 21.9. The van der Waals surface area contributed by atoms with Crippen LogP contribution in [0.5, 0.6) is 34.5 Å². The molecule has 2 saturated heterocycles. The highest BCUT2D eigenvalue weighted by Gasteiger charge is 2.75. The summed E-state index contributed by atoms with van der Waals surface area (Å²) in [5.74, 6) is 1.27. The molecule has 9 heteroatoms. The van der Waals surface area contributed by atoms with E-state index >= 15 is 0 Å². The second-order valence-electron chi connectivity index (χ2n) is 13.8. The minimum absolute atomic E-state index is 0.0326. The average molecular weight is 665 g/mol. The van der Waals surface area contributed by atoms with E-state index < -0.39 is 29.3 Å². The van der Waals surface area contributed by atoms with Crippen molar-refractivity contribution >= 4 is 0 Å². The number of methoxy groups -OCH3 is 2. The molecule has 3 aliphatic heterocycles. The third-order valence-corrected chi connectivity index (χ3v) is 11.2. The van der Waals surface area contributed by atoms with Crippen molar-refractivity contribution in [2.24, 2.45) is 5.41 Å². The molecule has 0 radical (unpaired) electrons. The predicted octanol–water partition coefficient (Wildman–Crippen LogP) is 7.70.